The molecule has 2 N–H and O–H groups in total. The Balaban J connectivity index is 2.34. The van der Waals surface area contributed by atoms with Gasteiger partial charge in [0.2, 0.25) is 0 Å². The van der Waals surface area contributed by atoms with Crippen molar-refractivity contribution >= 4 is 37.7 Å². The third kappa shape index (κ3) is 2.52. The standard InChI is InChI=1S/C11H10Br2FN3/c1-6-10(13)11(15)17(16-6)5-7-2-3-8(12)4-9(7)14/h2-4H,5,15H2,1H3. The van der Waals surface area contributed by atoms with E-state index < -0.39 is 0 Å². The summed E-state index contributed by atoms with van der Waals surface area (Å²) in [6.45, 7) is 2.16. The van der Waals surface area contributed by atoms with Crippen LogP contribution in [-0.2, 0) is 6.54 Å². The number of rotatable bonds is 2. The van der Waals surface area contributed by atoms with Crippen LogP contribution in [0, 0.1) is 12.7 Å². The maximum Gasteiger partial charge on any atom is 0.136 e. The van der Waals surface area contributed by atoms with Gasteiger partial charge in [-0.2, -0.15) is 5.10 Å². The molecular weight excluding hydrogens is 353 g/mol. The van der Waals surface area contributed by atoms with E-state index in [4.69, 9.17) is 5.73 Å². The molecular formula is C11H10Br2FN3. The number of benzene rings is 1. The Morgan fingerprint density at radius 1 is 1.41 bits per heavy atom. The molecule has 0 unspecified atom stereocenters. The Morgan fingerprint density at radius 3 is 2.65 bits per heavy atom. The first-order valence-corrected chi connectivity index (χ1v) is 6.50. The molecule has 1 aromatic heterocycles. The van der Waals surface area contributed by atoms with E-state index in [1.54, 1.807) is 16.8 Å². The van der Waals surface area contributed by atoms with Crippen molar-refractivity contribution in [1.82, 2.24) is 9.78 Å². The van der Waals surface area contributed by atoms with E-state index in [1.165, 1.54) is 6.07 Å². The monoisotopic (exact) mass is 361 g/mol. The topological polar surface area (TPSA) is 43.8 Å². The molecule has 0 bridgehead atoms. The summed E-state index contributed by atoms with van der Waals surface area (Å²) in [5.74, 6) is 0.230. The van der Waals surface area contributed by atoms with E-state index in [0.29, 0.717) is 22.4 Å². The summed E-state index contributed by atoms with van der Waals surface area (Å²) in [6.07, 6.45) is 0. The number of hydrogen-bond donors (Lipinski definition) is 1. The predicted molar refractivity (Wildman–Crippen MR) is 72.3 cm³/mol. The lowest BCUT2D eigenvalue weighted by molar-refractivity contribution is 0.585. The van der Waals surface area contributed by atoms with Crippen LogP contribution in [-0.4, -0.2) is 9.78 Å². The second-order valence-corrected chi connectivity index (χ2v) is 5.39. The molecule has 0 radical (unpaired) electrons. The highest BCUT2D eigenvalue weighted by Crippen LogP contribution is 2.24. The molecule has 2 rings (SSSR count). The maximum atomic E-state index is 13.7. The summed E-state index contributed by atoms with van der Waals surface area (Å²) in [5, 5.41) is 4.23. The van der Waals surface area contributed by atoms with Gasteiger partial charge in [0.1, 0.15) is 11.6 Å². The van der Waals surface area contributed by atoms with Gasteiger partial charge >= 0.3 is 0 Å². The van der Waals surface area contributed by atoms with Gasteiger partial charge in [0.25, 0.3) is 0 Å². The number of hydrogen-bond acceptors (Lipinski definition) is 2. The van der Waals surface area contributed by atoms with Crippen molar-refractivity contribution in [2.24, 2.45) is 0 Å². The van der Waals surface area contributed by atoms with Crippen LogP contribution in [0.1, 0.15) is 11.3 Å². The molecule has 2 aromatic rings. The molecule has 1 aromatic carbocycles. The second kappa shape index (κ2) is 4.78. The van der Waals surface area contributed by atoms with E-state index in [2.05, 4.69) is 37.0 Å². The van der Waals surface area contributed by atoms with Crippen molar-refractivity contribution < 1.29 is 4.39 Å². The number of nitrogens with two attached hydrogens (primary N) is 1. The quantitative estimate of drug-likeness (QED) is 0.888. The fourth-order valence-electron chi connectivity index (χ4n) is 1.51. The number of aryl methyl sites for hydroxylation is 1. The molecule has 17 heavy (non-hydrogen) atoms. The van der Waals surface area contributed by atoms with E-state index in [1.807, 2.05) is 6.92 Å². The lowest BCUT2D eigenvalue weighted by Gasteiger charge is -2.06. The van der Waals surface area contributed by atoms with Gasteiger partial charge in [-0.15, -0.1) is 0 Å². The number of aromatic nitrogens is 2. The Morgan fingerprint density at radius 2 is 2.12 bits per heavy atom. The minimum absolute atomic E-state index is 0.275. The van der Waals surface area contributed by atoms with Gasteiger partial charge in [0, 0.05) is 10.0 Å². The summed E-state index contributed by atoms with van der Waals surface area (Å²) in [6, 6.07) is 4.93. The second-order valence-electron chi connectivity index (χ2n) is 3.68. The Kier molecular flexibility index (Phi) is 3.53. The fourth-order valence-corrected chi connectivity index (χ4v) is 2.13. The molecule has 0 aliphatic carbocycles. The highest BCUT2D eigenvalue weighted by atomic mass is 79.9. The average Bonchev–Trinajstić information content (AvgIpc) is 2.50. The molecule has 0 saturated heterocycles. The smallest absolute Gasteiger partial charge is 0.136 e. The van der Waals surface area contributed by atoms with Crippen LogP contribution in [0.4, 0.5) is 10.2 Å². The van der Waals surface area contributed by atoms with Gasteiger partial charge in [-0.05, 0) is 35.0 Å². The molecule has 0 saturated carbocycles. The van der Waals surface area contributed by atoms with Gasteiger partial charge < -0.3 is 5.73 Å². The van der Waals surface area contributed by atoms with E-state index in [-0.39, 0.29) is 5.82 Å². The number of nitrogen functional groups attached to an aromatic ring is 1. The van der Waals surface area contributed by atoms with Crippen molar-refractivity contribution in [3.8, 4) is 0 Å². The molecule has 3 nitrogen and oxygen atoms in total. The van der Waals surface area contributed by atoms with E-state index in [0.717, 1.165) is 10.2 Å². The number of anilines is 1. The summed E-state index contributed by atoms with van der Waals surface area (Å²) in [7, 11) is 0. The zero-order valence-electron chi connectivity index (χ0n) is 9.04. The first-order valence-electron chi connectivity index (χ1n) is 4.91. The Labute approximate surface area is 115 Å². The van der Waals surface area contributed by atoms with Crippen LogP contribution in [0.25, 0.3) is 0 Å². The summed E-state index contributed by atoms with van der Waals surface area (Å²) < 4.78 is 16.7. The zero-order chi connectivity index (χ0) is 12.6. The van der Waals surface area contributed by atoms with Crippen LogP contribution < -0.4 is 5.73 Å². The number of nitrogens with zero attached hydrogens (tertiary/aromatic N) is 2. The van der Waals surface area contributed by atoms with E-state index >= 15 is 0 Å². The highest BCUT2D eigenvalue weighted by molar-refractivity contribution is 9.10. The molecule has 0 atom stereocenters. The van der Waals surface area contributed by atoms with Crippen molar-refractivity contribution in [1.29, 1.82) is 0 Å². The van der Waals surface area contributed by atoms with Crippen molar-refractivity contribution in [2.45, 2.75) is 13.5 Å². The molecule has 1 heterocycles. The predicted octanol–water partition coefficient (Wildman–Crippen LogP) is 3.49. The molecule has 0 aliphatic rings. The summed E-state index contributed by atoms with van der Waals surface area (Å²) >= 11 is 6.55. The van der Waals surface area contributed by atoms with Crippen LogP contribution in [0.3, 0.4) is 0 Å². The minimum atomic E-state index is -0.275. The molecule has 6 heteroatoms. The first-order chi connectivity index (χ1) is 7.99. The van der Waals surface area contributed by atoms with Crippen LogP contribution >= 0.6 is 31.9 Å². The van der Waals surface area contributed by atoms with E-state index in [9.17, 15) is 4.39 Å². The molecule has 0 fully saturated rings. The van der Waals surface area contributed by atoms with Crippen molar-refractivity contribution in [2.75, 3.05) is 5.73 Å². The Bertz CT molecular complexity index is 566. The van der Waals surface area contributed by atoms with Gasteiger partial charge in [0.15, 0.2) is 0 Å². The largest absolute Gasteiger partial charge is 0.383 e. The maximum absolute atomic E-state index is 13.7. The normalized spacial score (nSPS) is 10.8. The summed E-state index contributed by atoms with van der Waals surface area (Å²) in [5.41, 5.74) is 7.20. The van der Waals surface area contributed by atoms with Gasteiger partial charge in [-0.1, -0.05) is 22.0 Å². The molecule has 0 spiro atoms. The van der Waals surface area contributed by atoms with Crippen molar-refractivity contribution in [3.05, 3.63) is 44.2 Å². The fraction of sp³-hybridized carbons (Fsp3) is 0.182. The SMILES string of the molecule is Cc1nn(Cc2ccc(Br)cc2F)c(N)c1Br. The molecule has 90 valence electrons. The third-order valence-corrected chi connectivity index (χ3v) is 3.90. The lowest BCUT2D eigenvalue weighted by Crippen LogP contribution is -2.07. The van der Waals surface area contributed by atoms with Gasteiger partial charge in [-0.25, -0.2) is 9.07 Å². The van der Waals surface area contributed by atoms with Crippen LogP contribution in [0.5, 0.6) is 0 Å². The Hall–Kier alpha value is -0.880. The molecule has 0 aliphatic heterocycles. The average molecular weight is 363 g/mol. The third-order valence-electron chi connectivity index (χ3n) is 2.43. The van der Waals surface area contributed by atoms with Gasteiger partial charge in [-0.3, -0.25) is 0 Å². The highest BCUT2D eigenvalue weighted by Gasteiger charge is 2.11. The van der Waals surface area contributed by atoms with Crippen molar-refractivity contribution in [3.63, 3.8) is 0 Å². The minimum Gasteiger partial charge on any atom is -0.383 e. The zero-order valence-corrected chi connectivity index (χ0v) is 12.2. The lowest BCUT2D eigenvalue weighted by atomic mass is 10.2. The van der Waals surface area contributed by atoms with Crippen LogP contribution in [0.15, 0.2) is 27.1 Å². The van der Waals surface area contributed by atoms with Crippen LogP contribution in [0.2, 0.25) is 0 Å². The summed E-state index contributed by atoms with van der Waals surface area (Å²) in [4.78, 5) is 0. The first kappa shape index (κ1) is 12.6. The van der Waals surface area contributed by atoms with Gasteiger partial charge in [0.05, 0.1) is 16.7 Å². The molecule has 0 amide bonds. The number of halogens is 3.